The van der Waals surface area contributed by atoms with Gasteiger partial charge in [-0.05, 0) is 35.9 Å². The number of pyridine rings is 1. The first kappa shape index (κ1) is 15.8. The zero-order valence-corrected chi connectivity index (χ0v) is 13.5. The molecular formula is C18H25N5. The molecule has 1 aliphatic heterocycles. The highest BCUT2D eigenvalue weighted by molar-refractivity contribution is 5.53. The van der Waals surface area contributed by atoms with Gasteiger partial charge in [-0.2, -0.15) is 0 Å². The molecule has 0 unspecified atom stereocenters. The van der Waals surface area contributed by atoms with Crippen LogP contribution in [0.1, 0.15) is 5.56 Å². The van der Waals surface area contributed by atoms with Gasteiger partial charge in [-0.25, -0.2) is 0 Å². The molecule has 1 fully saturated rings. The van der Waals surface area contributed by atoms with Crippen molar-refractivity contribution in [1.29, 1.82) is 0 Å². The van der Waals surface area contributed by atoms with Crippen LogP contribution >= 0.6 is 0 Å². The monoisotopic (exact) mass is 311 g/mol. The van der Waals surface area contributed by atoms with Crippen molar-refractivity contribution < 1.29 is 0 Å². The summed E-state index contributed by atoms with van der Waals surface area (Å²) >= 11 is 0. The molecule has 0 spiro atoms. The molecule has 0 saturated carbocycles. The Balaban J connectivity index is 1.35. The standard InChI is InChI=1S/C18H25N5/c19-17-3-5-18(6-4-17)23-12-10-22(11-13-23)9-8-21-15-16-2-1-7-20-14-16/h1-7,14,21H,8-13,15,19H2. The van der Waals surface area contributed by atoms with Crippen LogP contribution in [0.5, 0.6) is 0 Å². The maximum absolute atomic E-state index is 5.75. The van der Waals surface area contributed by atoms with E-state index in [2.05, 4.69) is 38.3 Å². The lowest BCUT2D eigenvalue weighted by molar-refractivity contribution is 0.257. The summed E-state index contributed by atoms with van der Waals surface area (Å²) in [5, 5.41) is 3.49. The highest BCUT2D eigenvalue weighted by Crippen LogP contribution is 2.17. The Hall–Kier alpha value is -2.11. The van der Waals surface area contributed by atoms with Crippen molar-refractivity contribution in [2.75, 3.05) is 49.9 Å². The molecule has 0 amide bonds. The molecule has 23 heavy (non-hydrogen) atoms. The number of piperazine rings is 1. The predicted octanol–water partition coefficient (Wildman–Crippen LogP) is 1.58. The van der Waals surface area contributed by atoms with Gasteiger partial charge in [0, 0.05) is 69.6 Å². The van der Waals surface area contributed by atoms with Gasteiger partial charge in [0.25, 0.3) is 0 Å². The van der Waals surface area contributed by atoms with Crippen LogP contribution in [0, 0.1) is 0 Å². The second-order valence-corrected chi connectivity index (χ2v) is 5.96. The van der Waals surface area contributed by atoms with E-state index in [-0.39, 0.29) is 0 Å². The third-order valence-electron chi connectivity index (χ3n) is 4.29. The Labute approximate surface area is 138 Å². The SMILES string of the molecule is Nc1ccc(N2CCN(CCNCc3cccnc3)CC2)cc1. The molecule has 0 radical (unpaired) electrons. The minimum Gasteiger partial charge on any atom is -0.399 e. The van der Waals surface area contributed by atoms with Gasteiger partial charge < -0.3 is 16.0 Å². The molecule has 2 heterocycles. The molecule has 2 aromatic rings. The Bertz CT molecular complexity index is 576. The van der Waals surface area contributed by atoms with Gasteiger partial charge in [0.15, 0.2) is 0 Å². The third kappa shape index (κ3) is 4.68. The van der Waals surface area contributed by atoms with Gasteiger partial charge >= 0.3 is 0 Å². The van der Waals surface area contributed by atoms with E-state index < -0.39 is 0 Å². The number of nitrogens with two attached hydrogens (primary N) is 1. The summed E-state index contributed by atoms with van der Waals surface area (Å²) in [6.45, 7) is 7.36. The van der Waals surface area contributed by atoms with Gasteiger partial charge in [0.1, 0.15) is 0 Å². The van der Waals surface area contributed by atoms with Crippen molar-refractivity contribution in [2.24, 2.45) is 0 Å². The fourth-order valence-electron chi connectivity index (χ4n) is 2.89. The minimum atomic E-state index is 0.826. The maximum Gasteiger partial charge on any atom is 0.0368 e. The second-order valence-electron chi connectivity index (χ2n) is 5.96. The van der Waals surface area contributed by atoms with Gasteiger partial charge in [-0.3, -0.25) is 9.88 Å². The van der Waals surface area contributed by atoms with E-state index >= 15 is 0 Å². The van der Waals surface area contributed by atoms with E-state index in [1.165, 1.54) is 11.3 Å². The Kier molecular flexibility index (Phi) is 5.45. The van der Waals surface area contributed by atoms with Gasteiger partial charge in [-0.1, -0.05) is 6.07 Å². The zero-order valence-electron chi connectivity index (χ0n) is 13.5. The molecule has 3 rings (SSSR count). The molecular weight excluding hydrogens is 286 g/mol. The van der Waals surface area contributed by atoms with E-state index in [4.69, 9.17) is 5.73 Å². The summed E-state index contributed by atoms with van der Waals surface area (Å²) < 4.78 is 0. The van der Waals surface area contributed by atoms with Crippen molar-refractivity contribution in [3.8, 4) is 0 Å². The van der Waals surface area contributed by atoms with E-state index in [1.807, 2.05) is 30.6 Å². The van der Waals surface area contributed by atoms with Crippen LogP contribution in [0.4, 0.5) is 11.4 Å². The number of benzene rings is 1. The molecule has 1 aromatic carbocycles. The van der Waals surface area contributed by atoms with Crippen LogP contribution in [0.25, 0.3) is 0 Å². The summed E-state index contributed by atoms with van der Waals surface area (Å²) in [7, 11) is 0. The van der Waals surface area contributed by atoms with E-state index in [1.54, 1.807) is 0 Å². The van der Waals surface area contributed by atoms with Gasteiger partial charge in [-0.15, -0.1) is 0 Å². The highest BCUT2D eigenvalue weighted by Gasteiger charge is 2.16. The lowest BCUT2D eigenvalue weighted by atomic mass is 10.2. The normalized spacial score (nSPS) is 15.7. The summed E-state index contributed by atoms with van der Waals surface area (Å²) in [5.74, 6) is 0. The molecule has 5 nitrogen and oxygen atoms in total. The van der Waals surface area contributed by atoms with Crippen molar-refractivity contribution in [3.63, 3.8) is 0 Å². The Morgan fingerprint density at radius 3 is 2.52 bits per heavy atom. The number of nitrogens with zero attached hydrogens (tertiary/aromatic N) is 3. The van der Waals surface area contributed by atoms with Crippen LogP contribution in [0.3, 0.4) is 0 Å². The molecule has 5 heteroatoms. The summed E-state index contributed by atoms with van der Waals surface area (Å²) in [4.78, 5) is 9.08. The molecule has 0 bridgehead atoms. The first-order chi connectivity index (χ1) is 11.3. The van der Waals surface area contributed by atoms with Crippen LogP contribution in [-0.2, 0) is 6.54 Å². The third-order valence-corrected chi connectivity index (χ3v) is 4.29. The second kappa shape index (κ2) is 7.94. The summed E-state index contributed by atoms with van der Waals surface area (Å²) in [5.41, 5.74) is 9.09. The molecule has 0 aliphatic carbocycles. The molecule has 1 aromatic heterocycles. The lowest BCUT2D eigenvalue weighted by Crippen LogP contribution is -2.48. The van der Waals surface area contributed by atoms with Crippen molar-refractivity contribution in [2.45, 2.75) is 6.54 Å². The first-order valence-electron chi connectivity index (χ1n) is 8.24. The number of aromatic nitrogens is 1. The number of nitrogen functional groups attached to an aromatic ring is 1. The van der Waals surface area contributed by atoms with Crippen molar-refractivity contribution in [1.82, 2.24) is 15.2 Å². The summed E-state index contributed by atoms with van der Waals surface area (Å²) in [6, 6.07) is 12.3. The van der Waals surface area contributed by atoms with Crippen molar-refractivity contribution >= 4 is 11.4 Å². The van der Waals surface area contributed by atoms with Crippen LogP contribution < -0.4 is 16.0 Å². The molecule has 1 aliphatic rings. The molecule has 1 saturated heterocycles. The maximum atomic E-state index is 5.75. The zero-order chi connectivity index (χ0) is 15.9. The van der Waals surface area contributed by atoms with E-state index in [0.717, 1.165) is 51.5 Å². The van der Waals surface area contributed by atoms with E-state index in [9.17, 15) is 0 Å². The number of rotatable bonds is 6. The lowest BCUT2D eigenvalue weighted by Gasteiger charge is -2.36. The van der Waals surface area contributed by atoms with Crippen molar-refractivity contribution in [3.05, 3.63) is 54.4 Å². The van der Waals surface area contributed by atoms with Crippen LogP contribution in [-0.4, -0.2) is 49.2 Å². The van der Waals surface area contributed by atoms with E-state index in [0.29, 0.717) is 0 Å². The van der Waals surface area contributed by atoms with Gasteiger partial charge in [0.05, 0.1) is 0 Å². The fourth-order valence-corrected chi connectivity index (χ4v) is 2.89. The largest absolute Gasteiger partial charge is 0.399 e. The number of hydrogen-bond donors (Lipinski definition) is 2. The number of hydrogen-bond acceptors (Lipinski definition) is 5. The summed E-state index contributed by atoms with van der Waals surface area (Å²) in [6.07, 6.45) is 3.72. The Morgan fingerprint density at radius 2 is 1.83 bits per heavy atom. The topological polar surface area (TPSA) is 57.4 Å². The first-order valence-corrected chi connectivity index (χ1v) is 8.24. The number of nitrogens with one attached hydrogen (secondary N) is 1. The van der Waals surface area contributed by atoms with Crippen LogP contribution in [0.2, 0.25) is 0 Å². The average molecular weight is 311 g/mol. The average Bonchev–Trinajstić information content (AvgIpc) is 2.61. The molecule has 3 N–H and O–H groups in total. The molecule has 122 valence electrons. The minimum absolute atomic E-state index is 0.826. The highest BCUT2D eigenvalue weighted by atomic mass is 15.3. The number of anilines is 2. The Morgan fingerprint density at radius 1 is 1.04 bits per heavy atom. The van der Waals surface area contributed by atoms with Crippen LogP contribution in [0.15, 0.2) is 48.8 Å². The quantitative estimate of drug-likeness (QED) is 0.626. The fraction of sp³-hybridized carbons (Fsp3) is 0.389. The predicted molar refractivity (Wildman–Crippen MR) is 95.5 cm³/mol. The smallest absolute Gasteiger partial charge is 0.0368 e. The molecule has 0 atom stereocenters. The van der Waals surface area contributed by atoms with Gasteiger partial charge in [0.2, 0.25) is 0 Å².